The Bertz CT molecular complexity index is 1410. The van der Waals surface area contributed by atoms with Crippen molar-refractivity contribution in [3.63, 3.8) is 0 Å². The molecule has 0 fully saturated rings. The van der Waals surface area contributed by atoms with Crippen LogP contribution in [-0.2, 0) is 102 Å². The molecule has 0 aliphatic heterocycles. The predicted octanol–water partition coefficient (Wildman–Crippen LogP) is 6.87. The maximum Gasteiger partial charge on any atom is 0.382 e. The molecule has 0 aromatic rings. The van der Waals surface area contributed by atoms with Gasteiger partial charge in [0.15, 0.2) is 0 Å². The van der Waals surface area contributed by atoms with E-state index in [9.17, 15) is 57.5 Å². The average molecular weight is 1040 g/mol. The molecule has 0 N–H and O–H groups in total. The molecule has 0 aliphatic rings. The SMILES string of the molecule is CC(C)(C)C(=O)OC(=O)C(=O)C(C)(C)C.CC(C)(C)C(=O)OC(=O)C(=O)C(C)(C)C.CC(C)(C)C(=O)OC(=O)C(=O)C(C)(C)C.CC(C)(C)C(=O)OC(=O)C(=O)C(C)(C)C.[Hf]. The Kier molecular flexibility index (Phi) is 26.1. The minimum Gasteiger partial charge on any atom is -0.387 e. The van der Waals surface area contributed by atoms with Crippen molar-refractivity contribution < 1.29 is 102 Å². The summed E-state index contributed by atoms with van der Waals surface area (Å²) in [5.74, 6) is -9.86. The number of carbonyl (C=O) groups excluding carboxylic acids is 12. The molecule has 17 heteroatoms. The topological polar surface area (TPSA) is 242 Å². The summed E-state index contributed by atoms with van der Waals surface area (Å²) in [5, 5.41) is 0. The van der Waals surface area contributed by atoms with Gasteiger partial charge in [-0.05, 0) is 83.1 Å². The molecule has 16 nitrogen and oxygen atoms in total. The second-order valence-electron chi connectivity index (χ2n) is 22.0. The first-order valence-electron chi connectivity index (χ1n) is 19.1. The van der Waals surface area contributed by atoms with Gasteiger partial charge >= 0.3 is 47.8 Å². The number of rotatable bonds is 4. The van der Waals surface area contributed by atoms with Gasteiger partial charge in [0.25, 0.3) is 0 Å². The molecule has 0 atom stereocenters. The Morgan fingerprint density at radius 2 is 0.311 bits per heavy atom. The maximum absolute atomic E-state index is 11.4. The number of Topliss-reactive ketones (excluding diaryl/α,β-unsaturated/α-hetero) is 4. The maximum atomic E-state index is 11.4. The normalized spacial score (nSPS) is 11.9. The predicted molar refractivity (Wildman–Crippen MR) is 220 cm³/mol. The van der Waals surface area contributed by atoms with E-state index in [2.05, 4.69) is 18.9 Å². The third kappa shape index (κ3) is 28.4. The molecule has 0 aliphatic carbocycles. The molecule has 0 heterocycles. The van der Waals surface area contributed by atoms with Crippen molar-refractivity contribution >= 4 is 70.9 Å². The van der Waals surface area contributed by atoms with E-state index in [0.29, 0.717) is 0 Å². The fourth-order valence-electron chi connectivity index (χ4n) is 2.36. The molecule has 0 unspecified atom stereocenters. The van der Waals surface area contributed by atoms with Gasteiger partial charge < -0.3 is 18.9 Å². The molecule has 0 aromatic heterocycles. The smallest absolute Gasteiger partial charge is 0.382 e. The van der Waals surface area contributed by atoms with Gasteiger partial charge in [0.1, 0.15) is 0 Å². The summed E-state index contributed by atoms with van der Waals surface area (Å²) in [6.45, 7) is 38.5. The van der Waals surface area contributed by atoms with E-state index in [1.807, 2.05) is 0 Å². The van der Waals surface area contributed by atoms with Gasteiger partial charge in [-0.25, -0.2) is 19.2 Å². The summed E-state index contributed by atoms with van der Waals surface area (Å²) in [6, 6.07) is 0. The first kappa shape index (κ1) is 66.2. The van der Waals surface area contributed by atoms with E-state index in [-0.39, 0.29) is 25.8 Å². The van der Waals surface area contributed by atoms with E-state index < -0.39 is 114 Å². The Balaban J connectivity index is -0.000000227. The zero-order chi connectivity index (χ0) is 49.8. The van der Waals surface area contributed by atoms with Crippen LogP contribution in [0.1, 0.15) is 166 Å². The van der Waals surface area contributed by atoms with Crippen LogP contribution in [0.2, 0.25) is 0 Å². The summed E-state index contributed by atoms with van der Waals surface area (Å²) in [7, 11) is 0. The Morgan fingerprint density at radius 1 is 0.213 bits per heavy atom. The molecule has 0 bridgehead atoms. The Labute approximate surface area is 381 Å². The van der Waals surface area contributed by atoms with Crippen molar-refractivity contribution in [2.75, 3.05) is 0 Å². The van der Waals surface area contributed by atoms with Crippen LogP contribution in [0.25, 0.3) is 0 Å². The molecular weight excluding hydrogens is 963 g/mol. The number of ether oxygens (including phenoxy) is 4. The van der Waals surface area contributed by atoms with Gasteiger partial charge in [0, 0.05) is 47.5 Å². The first-order valence-corrected chi connectivity index (χ1v) is 19.1. The van der Waals surface area contributed by atoms with Crippen molar-refractivity contribution in [2.24, 2.45) is 43.3 Å². The van der Waals surface area contributed by atoms with E-state index in [1.54, 1.807) is 166 Å². The van der Waals surface area contributed by atoms with Gasteiger partial charge in [0.05, 0.1) is 21.7 Å². The standard InChI is InChI=1S/4C11H18O4.Hf/c4*1-10(2,3)7(12)8(13)15-9(14)11(4,5)6;/h4*1-6H3;. The monoisotopic (exact) mass is 1040 g/mol. The number of hydrogen-bond acceptors (Lipinski definition) is 16. The molecular formula is C44H72HfO16. The summed E-state index contributed by atoms with van der Waals surface area (Å²) >= 11 is 0. The van der Waals surface area contributed by atoms with Gasteiger partial charge in [-0.15, -0.1) is 0 Å². The summed E-state index contributed by atoms with van der Waals surface area (Å²) in [4.78, 5) is 136. The van der Waals surface area contributed by atoms with Gasteiger partial charge in [0.2, 0.25) is 23.1 Å². The average Bonchev–Trinajstić information content (AvgIpc) is 3.00. The fourth-order valence-corrected chi connectivity index (χ4v) is 2.36. The van der Waals surface area contributed by atoms with Crippen molar-refractivity contribution in [1.29, 1.82) is 0 Å². The molecule has 0 aromatic carbocycles. The van der Waals surface area contributed by atoms with Gasteiger partial charge in [-0.2, -0.15) is 0 Å². The number of carbonyl (C=O) groups is 12. The zero-order valence-electron chi connectivity index (χ0n) is 41.0. The largest absolute Gasteiger partial charge is 0.387 e. The van der Waals surface area contributed by atoms with E-state index in [1.165, 1.54) is 0 Å². The van der Waals surface area contributed by atoms with Crippen LogP contribution in [0.15, 0.2) is 0 Å². The summed E-state index contributed by atoms with van der Waals surface area (Å²) in [5.41, 5.74) is -6.43. The molecule has 0 saturated heterocycles. The van der Waals surface area contributed by atoms with Crippen LogP contribution < -0.4 is 0 Å². The van der Waals surface area contributed by atoms with Crippen LogP contribution in [0.5, 0.6) is 0 Å². The number of ketones is 4. The third-order valence-electron chi connectivity index (χ3n) is 6.66. The third-order valence-corrected chi connectivity index (χ3v) is 6.66. The zero-order valence-corrected chi connectivity index (χ0v) is 44.6. The van der Waals surface area contributed by atoms with Gasteiger partial charge in [-0.3, -0.25) is 38.4 Å². The first-order chi connectivity index (χ1) is 25.8. The molecule has 61 heavy (non-hydrogen) atoms. The summed E-state index contributed by atoms with van der Waals surface area (Å²) in [6.07, 6.45) is 0. The minimum atomic E-state index is -1.08. The Morgan fingerprint density at radius 3 is 0.377 bits per heavy atom. The van der Waals surface area contributed by atoms with Crippen molar-refractivity contribution in [3.8, 4) is 0 Å². The summed E-state index contributed by atoms with van der Waals surface area (Å²) < 4.78 is 17.9. The molecule has 0 rings (SSSR count). The quantitative estimate of drug-likeness (QED) is 0.0917. The van der Waals surface area contributed by atoms with E-state index >= 15 is 0 Å². The van der Waals surface area contributed by atoms with E-state index in [4.69, 9.17) is 0 Å². The van der Waals surface area contributed by atoms with Crippen molar-refractivity contribution in [1.82, 2.24) is 0 Å². The molecule has 0 radical (unpaired) electrons. The number of hydrogen-bond donors (Lipinski definition) is 0. The van der Waals surface area contributed by atoms with Gasteiger partial charge in [-0.1, -0.05) is 83.1 Å². The van der Waals surface area contributed by atoms with Crippen LogP contribution in [0.3, 0.4) is 0 Å². The molecule has 0 amide bonds. The van der Waals surface area contributed by atoms with Crippen LogP contribution in [0.4, 0.5) is 0 Å². The fraction of sp³-hybridized carbons (Fsp3) is 0.727. The molecule has 0 saturated carbocycles. The van der Waals surface area contributed by atoms with Crippen LogP contribution >= 0.6 is 0 Å². The van der Waals surface area contributed by atoms with Crippen molar-refractivity contribution in [2.45, 2.75) is 166 Å². The van der Waals surface area contributed by atoms with E-state index in [0.717, 1.165) is 0 Å². The van der Waals surface area contributed by atoms with Crippen LogP contribution in [-0.4, -0.2) is 70.9 Å². The number of esters is 8. The van der Waals surface area contributed by atoms with Crippen LogP contribution in [0, 0.1) is 43.3 Å². The Hall–Kier alpha value is -3.89. The van der Waals surface area contributed by atoms with Crippen molar-refractivity contribution in [3.05, 3.63) is 0 Å². The second-order valence-corrected chi connectivity index (χ2v) is 22.0. The molecule has 348 valence electrons. The minimum absolute atomic E-state index is 0. The molecule has 0 spiro atoms. The second kappa shape index (κ2) is 24.1.